The molecule has 3 heteroatoms. The summed E-state index contributed by atoms with van der Waals surface area (Å²) in [5.41, 5.74) is 17.4. The zero-order valence-corrected chi connectivity index (χ0v) is 38.8. The van der Waals surface area contributed by atoms with Crippen LogP contribution in [-0.4, -0.2) is 9.13 Å². The number of para-hydroxylation sites is 4. The SMILES string of the molecule is c1ccc(N(c2ccc(-c3cc(-c4ccc5c(c4)c4ccccc4n5-c4ccccc4)cc(-c4ccc5c(c4)c4ccc6ccccc6c4n5-c4ccccc4)c3)cc2)c2ccc3ccccc3c2)cc1. The lowest BCUT2D eigenvalue weighted by Gasteiger charge is -2.26. The van der Waals surface area contributed by atoms with Crippen LogP contribution in [0.2, 0.25) is 0 Å². The molecule has 0 N–H and O–H groups in total. The average molecular weight is 904 g/mol. The number of fused-ring (bicyclic) bond motifs is 9. The first-order valence-corrected chi connectivity index (χ1v) is 24.4. The first kappa shape index (κ1) is 40.6. The Balaban J connectivity index is 0.955. The Morgan fingerprint density at radius 1 is 0.225 bits per heavy atom. The highest BCUT2D eigenvalue weighted by atomic mass is 15.1. The van der Waals surface area contributed by atoms with Crippen LogP contribution in [-0.2, 0) is 0 Å². The van der Waals surface area contributed by atoms with Gasteiger partial charge in [-0.05, 0) is 159 Å². The summed E-state index contributed by atoms with van der Waals surface area (Å²) in [4.78, 5) is 2.35. The summed E-state index contributed by atoms with van der Waals surface area (Å²) in [5.74, 6) is 0. The summed E-state index contributed by atoms with van der Waals surface area (Å²) in [7, 11) is 0. The molecule has 3 nitrogen and oxygen atoms in total. The smallest absolute Gasteiger partial charge is 0.0619 e. The largest absolute Gasteiger partial charge is 0.310 e. The maximum absolute atomic E-state index is 2.44. The second-order valence-corrected chi connectivity index (χ2v) is 18.6. The summed E-state index contributed by atoms with van der Waals surface area (Å²) < 4.78 is 4.83. The van der Waals surface area contributed by atoms with Crippen molar-refractivity contribution in [2.45, 2.75) is 0 Å². The van der Waals surface area contributed by atoms with Crippen molar-refractivity contribution in [2.24, 2.45) is 0 Å². The highest BCUT2D eigenvalue weighted by molar-refractivity contribution is 6.19. The normalized spacial score (nSPS) is 11.7. The lowest BCUT2D eigenvalue weighted by atomic mass is 9.92. The third-order valence-electron chi connectivity index (χ3n) is 14.4. The van der Waals surface area contributed by atoms with Crippen molar-refractivity contribution in [1.82, 2.24) is 9.13 Å². The van der Waals surface area contributed by atoms with Gasteiger partial charge >= 0.3 is 0 Å². The van der Waals surface area contributed by atoms with E-state index >= 15 is 0 Å². The fourth-order valence-corrected chi connectivity index (χ4v) is 11.1. The second kappa shape index (κ2) is 16.7. The maximum Gasteiger partial charge on any atom is 0.0619 e. The molecule has 0 aliphatic carbocycles. The van der Waals surface area contributed by atoms with Crippen molar-refractivity contribution >= 4 is 82.2 Å². The predicted octanol–water partition coefficient (Wildman–Crippen LogP) is 18.7. The van der Waals surface area contributed by atoms with Crippen LogP contribution in [0.5, 0.6) is 0 Å². The highest BCUT2D eigenvalue weighted by Gasteiger charge is 2.19. The van der Waals surface area contributed by atoms with Gasteiger partial charge < -0.3 is 14.0 Å². The van der Waals surface area contributed by atoms with E-state index in [1.54, 1.807) is 0 Å². The zero-order valence-electron chi connectivity index (χ0n) is 38.8. The van der Waals surface area contributed by atoms with Crippen molar-refractivity contribution in [3.05, 3.63) is 273 Å². The standard InChI is InChI=1S/C68H45N3/c1-4-19-55(20-5-1)69(59-36-30-46-16-10-11-18-49(46)43-59)58-34-28-47(29-35-58)52-40-53(50-32-38-66-63(44-50)61-26-14-15-27-65(61)70(66)56-21-6-2-7-22-56)42-54(41-52)51-33-39-67-64(45-51)62-37-31-48-17-12-13-25-60(48)68(62)71(67)57-23-8-3-9-24-57/h1-45H. The number of hydrogen-bond acceptors (Lipinski definition) is 1. The first-order valence-electron chi connectivity index (χ1n) is 24.4. The lowest BCUT2D eigenvalue weighted by molar-refractivity contribution is 1.18. The molecule has 0 aliphatic heterocycles. The molecule has 2 heterocycles. The minimum atomic E-state index is 1.10. The summed E-state index contributed by atoms with van der Waals surface area (Å²) in [5, 5.41) is 9.86. The van der Waals surface area contributed by atoms with E-state index in [-0.39, 0.29) is 0 Å². The van der Waals surface area contributed by atoms with Gasteiger partial charge in [0.05, 0.1) is 22.1 Å². The molecule has 0 radical (unpaired) electrons. The Bertz CT molecular complexity index is 4320. The number of nitrogens with zero attached hydrogens (tertiary/aromatic N) is 3. The molecule has 0 unspecified atom stereocenters. The van der Waals surface area contributed by atoms with Crippen LogP contribution < -0.4 is 4.90 Å². The van der Waals surface area contributed by atoms with Gasteiger partial charge in [-0.3, -0.25) is 0 Å². The molecule has 0 atom stereocenters. The van der Waals surface area contributed by atoms with Gasteiger partial charge in [0.25, 0.3) is 0 Å². The van der Waals surface area contributed by atoms with Gasteiger partial charge in [0.2, 0.25) is 0 Å². The van der Waals surface area contributed by atoms with Gasteiger partial charge in [0.1, 0.15) is 0 Å². The van der Waals surface area contributed by atoms with E-state index in [1.165, 1.54) is 87.4 Å². The van der Waals surface area contributed by atoms with Crippen LogP contribution in [0.1, 0.15) is 0 Å². The van der Waals surface area contributed by atoms with Crippen LogP contribution >= 0.6 is 0 Å². The molecule has 0 amide bonds. The fraction of sp³-hybridized carbons (Fsp3) is 0. The average Bonchev–Trinajstić information content (AvgIpc) is 3.96. The van der Waals surface area contributed by atoms with Crippen molar-refractivity contribution in [2.75, 3.05) is 4.90 Å². The Morgan fingerprint density at radius 3 is 1.38 bits per heavy atom. The van der Waals surface area contributed by atoms with E-state index < -0.39 is 0 Å². The van der Waals surface area contributed by atoms with E-state index in [4.69, 9.17) is 0 Å². The lowest BCUT2D eigenvalue weighted by Crippen LogP contribution is -2.09. The molecule has 14 rings (SSSR count). The molecule has 0 saturated heterocycles. The van der Waals surface area contributed by atoms with E-state index in [0.29, 0.717) is 0 Å². The molecule has 12 aromatic carbocycles. The molecule has 71 heavy (non-hydrogen) atoms. The molecule has 14 aromatic rings. The quantitative estimate of drug-likeness (QED) is 0.148. The third-order valence-corrected chi connectivity index (χ3v) is 14.4. The summed E-state index contributed by atoms with van der Waals surface area (Å²) in [6, 6.07) is 99.9. The Kier molecular flexibility index (Phi) is 9.53. The number of anilines is 3. The minimum absolute atomic E-state index is 1.10. The molecule has 0 aliphatic rings. The molecular weight excluding hydrogens is 859 g/mol. The monoisotopic (exact) mass is 903 g/mol. The van der Waals surface area contributed by atoms with Gasteiger partial charge in [-0.2, -0.15) is 0 Å². The summed E-state index contributed by atoms with van der Waals surface area (Å²) >= 11 is 0. The van der Waals surface area contributed by atoms with Gasteiger partial charge in [0.15, 0.2) is 0 Å². The number of aromatic nitrogens is 2. The van der Waals surface area contributed by atoms with Crippen molar-refractivity contribution in [1.29, 1.82) is 0 Å². The van der Waals surface area contributed by atoms with E-state index in [0.717, 1.165) is 39.6 Å². The summed E-state index contributed by atoms with van der Waals surface area (Å²) in [6.07, 6.45) is 0. The Morgan fingerprint density at radius 2 is 0.690 bits per heavy atom. The third kappa shape index (κ3) is 6.89. The van der Waals surface area contributed by atoms with E-state index in [2.05, 4.69) is 287 Å². The summed E-state index contributed by atoms with van der Waals surface area (Å²) in [6.45, 7) is 0. The topological polar surface area (TPSA) is 13.1 Å². The molecule has 0 spiro atoms. The van der Waals surface area contributed by atoms with Crippen LogP contribution in [0.15, 0.2) is 273 Å². The number of rotatable bonds is 8. The molecular formula is C68H45N3. The van der Waals surface area contributed by atoms with Crippen molar-refractivity contribution in [3.63, 3.8) is 0 Å². The number of benzene rings is 12. The van der Waals surface area contributed by atoms with Crippen LogP contribution in [0, 0.1) is 0 Å². The van der Waals surface area contributed by atoms with Gasteiger partial charge in [-0.1, -0.05) is 164 Å². The predicted molar refractivity (Wildman–Crippen MR) is 301 cm³/mol. The van der Waals surface area contributed by atoms with Crippen LogP contribution in [0.4, 0.5) is 17.1 Å². The fourth-order valence-electron chi connectivity index (χ4n) is 11.1. The van der Waals surface area contributed by atoms with E-state index in [1.807, 2.05) is 0 Å². The van der Waals surface area contributed by atoms with Crippen molar-refractivity contribution < 1.29 is 0 Å². The molecule has 332 valence electrons. The zero-order chi connectivity index (χ0) is 46.8. The molecule has 0 fully saturated rings. The first-order chi connectivity index (χ1) is 35.2. The Labute approximate surface area is 412 Å². The van der Waals surface area contributed by atoms with Gasteiger partial charge in [-0.15, -0.1) is 0 Å². The maximum atomic E-state index is 2.44. The van der Waals surface area contributed by atoms with Crippen LogP contribution in [0.25, 0.3) is 110 Å². The highest BCUT2D eigenvalue weighted by Crippen LogP contribution is 2.43. The van der Waals surface area contributed by atoms with Gasteiger partial charge in [-0.25, -0.2) is 0 Å². The van der Waals surface area contributed by atoms with Crippen molar-refractivity contribution in [3.8, 4) is 44.8 Å². The van der Waals surface area contributed by atoms with E-state index in [9.17, 15) is 0 Å². The molecule has 2 aromatic heterocycles. The van der Waals surface area contributed by atoms with Gasteiger partial charge in [0, 0.05) is 55.4 Å². The van der Waals surface area contributed by atoms with Crippen LogP contribution in [0.3, 0.4) is 0 Å². The molecule has 0 saturated carbocycles. The second-order valence-electron chi connectivity index (χ2n) is 18.6. The molecule has 0 bridgehead atoms. The Hall–Kier alpha value is -9.44. The number of hydrogen-bond donors (Lipinski definition) is 0. The minimum Gasteiger partial charge on any atom is -0.310 e.